The van der Waals surface area contributed by atoms with E-state index >= 15 is 0 Å². The summed E-state index contributed by atoms with van der Waals surface area (Å²) in [5.74, 6) is -0.818. The van der Waals surface area contributed by atoms with Crippen molar-refractivity contribution in [3.8, 4) is 5.69 Å². The highest BCUT2D eigenvalue weighted by atomic mass is 35.5. The number of carbonyl (C=O) groups is 1. The van der Waals surface area contributed by atoms with Crippen LogP contribution >= 0.6 is 11.6 Å². The fourth-order valence-electron chi connectivity index (χ4n) is 2.23. The van der Waals surface area contributed by atoms with Gasteiger partial charge in [0.25, 0.3) is 5.91 Å². The molecule has 4 N–H and O–H groups in total. The van der Waals surface area contributed by atoms with Gasteiger partial charge >= 0.3 is 0 Å². The van der Waals surface area contributed by atoms with Crippen LogP contribution in [0.2, 0.25) is 5.02 Å². The molecule has 3 aromatic rings. The number of benzene rings is 1. The molecule has 0 saturated carbocycles. The maximum Gasteiger partial charge on any atom is 0.259 e. The molecule has 7 heteroatoms. The molecule has 0 aliphatic heterocycles. The molecule has 2 aromatic heterocycles. The van der Waals surface area contributed by atoms with Crippen molar-refractivity contribution >= 4 is 34.4 Å². The van der Waals surface area contributed by atoms with Crippen molar-refractivity contribution in [1.82, 2.24) is 14.9 Å². The average molecular weight is 314 g/mol. The van der Waals surface area contributed by atoms with Crippen LogP contribution < -0.4 is 11.1 Å². The maximum atomic E-state index is 11.8. The van der Waals surface area contributed by atoms with Gasteiger partial charge in [-0.2, -0.15) is 0 Å². The number of hydrogen-bond donors (Lipinski definition) is 3. The van der Waals surface area contributed by atoms with Gasteiger partial charge < -0.3 is 10.3 Å². The summed E-state index contributed by atoms with van der Waals surface area (Å²) in [5, 5.41) is 10.8. The molecule has 0 radical (unpaired) electrons. The van der Waals surface area contributed by atoms with Crippen molar-refractivity contribution in [3.05, 3.63) is 59.5 Å². The number of pyridine rings is 1. The number of rotatable bonds is 2. The minimum absolute atomic E-state index is 0.390. The minimum atomic E-state index is -0.428. The summed E-state index contributed by atoms with van der Waals surface area (Å²) >= 11 is 6.16. The van der Waals surface area contributed by atoms with Gasteiger partial charge in [-0.15, -0.1) is 0 Å². The van der Waals surface area contributed by atoms with Crippen LogP contribution in [0.3, 0.4) is 0 Å². The number of nitrogens with one attached hydrogen (secondary N) is 2. The van der Waals surface area contributed by atoms with Crippen molar-refractivity contribution in [3.63, 3.8) is 0 Å². The molecular formula is C15H12ClN5O. The van der Waals surface area contributed by atoms with E-state index in [-0.39, 0.29) is 5.96 Å². The number of carbonyl (C=O) groups excluding carboxylic acids is 1. The lowest BCUT2D eigenvalue weighted by molar-refractivity contribution is 0.0976. The number of hydrogen-bond acceptors (Lipinski definition) is 3. The first kappa shape index (κ1) is 14.1. The Morgan fingerprint density at radius 2 is 2.14 bits per heavy atom. The van der Waals surface area contributed by atoms with E-state index in [2.05, 4.69) is 10.3 Å². The molecule has 2 heterocycles. The molecule has 0 fully saturated rings. The summed E-state index contributed by atoms with van der Waals surface area (Å²) in [7, 11) is 0. The summed E-state index contributed by atoms with van der Waals surface area (Å²) in [6.45, 7) is 0. The fourth-order valence-corrected chi connectivity index (χ4v) is 2.45. The molecule has 0 aliphatic rings. The van der Waals surface area contributed by atoms with Gasteiger partial charge in [0.2, 0.25) is 0 Å². The molecule has 1 aromatic carbocycles. The van der Waals surface area contributed by atoms with E-state index in [0.29, 0.717) is 16.1 Å². The van der Waals surface area contributed by atoms with E-state index in [9.17, 15) is 4.79 Å². The summed E-state index contributed by atoms with van der Waals surface area (Å²) in [5.41, 5.74) is 7.12. The molecule has 0 spiro atoms. The van der Waals surface area contributed by atoms with Crippen molar-refractivity contribution in [2.75, 3.05) is 0 Å². The first-order valence-electron chi connectivity index (χ1n) is 6.43. The van der Waals surface area contributed by atoms with E-state index in [0.717, 1.165) is 11.1 Å². The zero-order valence-electron chi connectivity index (χ0n) is 11.4. The number of halogens is 1. The Bertz CT molecular complexity index is 887. The number of aromatic nitrogens is 2. The Morgan fingerprint density at radius 1 is 1.32 bits per heavy atom. The van der Waals surface area contributed by atoms with E-state index < -0.39 is 5.91 Å². The topological polar surface area (TPSA) is 96.8 Å². The summed E-state index contributed by atoms with van der Waals surface area (Å²) in [6, 6.07) is 9.03. The second-order valence-corrected chi connectivity index (χ2v) is 5.05. The second-order valence-electron chi connectivity index (χ2n) is 4.64. The highest BCUT2D eigenvalue weighted by Crippen LogP contribution is 2.26. The standard InChI is InChI=1S/C15H12ClN5O/c16-11-3-1-2-10-12(4-6-19-13(10)11)21-7-5-9(8-21)14(22)20-15(17)18/h1-8H,(H4,17,18,20,22). The molecule has 0 aliphatic carbocycles. The van der Waals surface area contributed by atoms with Gasteiger partial charge in [-0.25, -0.2) is 0 Å². The predicted octanol–water partition coefficient (Wildman–Crippen LogP) is 2.30. The van der Waals surface area contributed by atoms with Gasteiger partial charge in [-0.05, 0) is 18.2 Å². The van der Waals surface area contributed by atoms with E-state index in [1.54, 1.807) is 35.3 Å². The number of amides is 1. The molecule has 0 saturated heterocycles. The van der Waals surface area contributed by atoms with Crippen LogP contribution in [0.5, 0.6) is 0 Å². The first-order chi connectivity index (χ1) is 10.6. The van der Waals surface area contributed by atoms with E-state index in [4.69, 9.17) is 22.7 Å². The fraction of sp³-hybridized carbons (Fsp3) is 0. The second kappa shape index (κ2) is 5.50. The van der Waals surface area contributed by atoms with Crippen LogP contribution in [-0.2, 0) is 0 Å². The quantitative estimate of drug-likeness (QED) is 0.500. The highest BCUT2D eigenvalue weighted by Gasteiger charge is 2.11. The number of fused-ring (bicyclic) bond motifs is 1. The molecular weight excluding hydrogens is 302 g/mol. The van der Waals surface area contributed by atoms with Crippen LogP contribution in [0.4, 0.5) is 0 Å². The Morgan fingerprint density at radius 3 is 2.91 bits per heavy atom. The summed E-state index contributed by atoms with van der Waals surface area (Å²) in [4.78, 5) is 16.1. The number of guanidine groups is 1. The largest absolute Gasteiger partial charge is 0.370 e. The van der Waals surface area contributed by atoms with Crippen LogP contribution in [0, 0.1) is 5.41 Å². The van der Waals surface area contributed by atoms with Crippen LogP contribution in [0.1, 0.15) is 10.4 Å². The van der Waals surface area contributed by atoms with E-state index in [1.807, 2.05) is 18.2 Å². The Labute approximate surface area is 131 Å². The van der Waals surface area contributed by atoms with Crippen LogP contribution in [-0.4, -0.2) is 21.4 Å². The molecule has 3 rings (SSSR count). The lowest BCUT2D eigenvalue weighted by Gasteiger charge is -2.08. The van der Waals surface area contributed by atoms with Gasteiger partial charge in [0.1, 0.15) is 0 Å². The summed E-state index contributed by atoms with van der Waals surface area (Å²) in [6.07, 6.45) is 5.08. The maximum absolute atomic E-state index is 11.8. The van der Waals surface area contributed by atoms with Crippen LogP contribution in [0.25, 0.3) is 16.6 Å². The van der Waals surface area contributed by atoms with Crippen molar-refractivity contribution in [1.29, 1.82) is 5.41 Å². The van der Waals surface area contributed by atoms with Crippen molar-refractivity contribution < 1.29 is 4.79 Å². The normalized spacial score (nSPS) is 10.6. The average Bonchev–Trinajstić information content (AvgIpc) is 2.96. The van der Waals surface area contributed by atoms with Crippen LogP contribution in [0.15, 0.2) is 48.9 Å². The van der Waals surface area contributed by atoms with Gasteiger partial charge in [0, 0.05) is 24.0 Å². The highest BCUT2D eigenvalue weighted by molar-refractivity contribution is 6.35. The number of nitrogens with zero attached hydrogens (tertiary/aromatic N) is 2. The molecule has 110 valence electrons. The molecule has 6 nitrogen and oxygen atoms in total. The SMILES string of the molecule is N=C(N)NC(=O)c1ccn(-c2ccnc3c(Cl)cccc23)c1. The monoisotopic (exact) mass is 313 g/mol. The molecule has 1 amide bonds. The lowest BCUT2D eigenvalue weighted by Crippen LogP contribution is -2.35. The first-order valence-corrected chi connectivity index (χ1v) is 6.81. The van der Waals surface area contributed by atoms with Gasteiger partial charge in [0.05, 0.1) is 21.8 Å². The number of para-hydroxylation sites is 1. The van der Waals surface area contributed by atoms with Gasteiger partial charge in [-0.3, -0.25) is 20.5 Å². The predicted molar refractivity (Wildman–Crippen MR) is 85.5 cm³/mol. The third-order valence-electron chi connectivity index (χ3n) is 3.18. The van der Waals surface area contributed by atoms with Gasteiger partial charge in [-0.1, -0.05) is 23.7 Å². The third kappa shape index (κ3) is 2.51. The van der Waals surface area contributed by atoms with Crippen molar-refractivity contribution in [2.24, 2.45) is 5.73 Å². The third-order valence-corrected chi connectivity index (χ3v) is 3.49. The Hall–Kier alpha value is -2.86. The Balaban J connectivity index is 2.06. The Kier molecular flexibility index (Phi) is 3.52. The summed E-state index contributed by atoms with van der Waals surface area (Å²) < 4.78 is 1.80. The lowest BCUT2D eigenvalue weighted by atomic mass is 10.2. The molecule has 0 bridgehead atoms. The zero-order valence-corrected chi connectivity index (χ0v) is 12.1. The smallest absolute Gasteiger partial charge is 0.259 e. The minimum Gasteiger partial charge on any atom is -0.370 e. The molecule has 0 atom stereocenters. The van der Waals surface area contributed by atoms with Gasteiger partial charge in [0.15, 0.2) is 5.96 Å². The zero-order chi connectivity index (χ0) is 15.7. The van der Waals surface area contributed by atoms with Crippen molar-refractivity contribution in [2.45, 2.75) is 0 Å². The molecule has 22 heavy (non-hydrogen) atoms. The van der Waals surface area contributed by atoms with E-state index in [1.165, 1.54) is 0 Å². The number of nitrogens with two attached hydrogens (primary N) is 1. The molecule has 0 unspecified atom stereocenters.